The van der Waals surface area contributed by atoms with Gasteiger partial charge in [0.05, 0.1) is 17.5 Å². The molecule has 0 aliphatic rings. The van der Waals surface area contributed by atoms with E-state index in [4.69, 9.17) is 28.6 Å². The van der Waals surface area contributed by atoms with Crippen molar-refractivity contribution in [1.82, 2.24) is 4.72 Å². The second-order valence-electron chi connectivity index (χ2n) is 6.33. The third-order valence-electron chi connectivity index (χ3n) is 3.81. The summed E-state index contributed by atoms with van der Waals surface area (Å²) >= 11 is 11.9. The van der Waals surface area contributed by atoms with Crippen LogP contribution < -0.4 is 10.0 Å². The van der Waals surface area contributed by atoms with Gasteiger partial charge in [0.1, 0.15) is 0 Å². The molecule has 1 amide bonds. The molecule has 2 aromatic rings. The van der Waals surface area contributed by atoms with Crippen LogP contribution in [0.2, 0.25) is 10.0 Å². The maximum absolute atomic E-state index is 13.1. The number of halogens is 5. The Morgan fingerprint density at radius 1 is 1.13 bits per heavy atom. The van der Waals surface area contributed by atoms with Crippen LogP contribution in [0.5, 0.6) is 0 Å². The molecular weight excluding hydrogens is 478 g/mol. The van der Waals surface area contributed by atoms with Crippen molar-refractivity contribution < 1.29 is 26.4 Å². The van der Waals surface area contributed by atoms with Crippen LogP contribution in [-0.2, 0) is 27.5 Å². The molecule has 6 nitrogen and oxygen atoms in total. The molecule has 0 aromatic heterocycles. The van der Waals surface area contributed by atoms with Crippen molar-refractivity contribution in [2.75, 3.05) is 11.6 Å². The Morgan fingerprint density at radius 2 is 1.81 bits per heavy atom. The Balaban J connectivity index is 2.33. The fourth-order valence-electron chi connectivity index (χ4n) is 2.42. The summed E-state index contributed by atoms with van der Waals surface area (Å²) in [5.41, 5.74) is -0.667. The van der Waals surface area contributed by atoms with E-state index in [9.17, 15) is 26.4 Å². The minimum absolute atomic E-state index is 0.0287. The lowest BCUT2D eigenvalue weighted by molar-refractivity contribution is -0.137. The quantitative estimate of drug-likeness (QED) is 0.386. The van der Waals surface area contributed by atoms with Gasteiger partial charge in [-0.05, 0) is 35.9 Å². The summed E-state index contributed by atoms with van der Waals surface area (Å²) in [6, 6.07) is 7.37. The smallest absolute Gasteiger partial charge is 0.380 e. The van der Waals surface area contributed by atoms with E-state index in [1.807, 2.05) is 0 Å². The summed E-state index contributed by atoms with van der Waals surface area (Å²) in [6.07, 6.45) is -2.06. The van der Waals surface area contributed by atoms with Crippen molar-refractivity contribution in [3.63, 3.8) is 0 Å². The van der Waals surface area contributed by atoms with Crippen molar-refractivity contribution in [2.24, 2.45) is 0 Å². The fraction of sp³-hybridized carbons (Fsp3) is 0.158. The van der Waals surface area contributed by atoms with Gasteiger partial charge in [0, 0.05) is 33.9 Å². The Hall–Kier alpha value is -2.56. The summed E-state index contributed by atoms with van der Waals surface area (Å²) in [6.45, 7) is 0.0376. The monoisotopic (exact) mass is 493 g/mol. The van der Waals surface area contributed by atoms with Crippen LogP contribution in [0.15, 0.2) is 48.6 Å². The van der Waals surface area contributed by atoms with Crippen molar-refractivity contribution in [2.45, 2.75) is 12.7 Å². The zero-order valence-corrected chi connectivity index (χ0v) is 18.2. The molecule has 0 saturated heterocycles. The average Bonchev–Trinajstić information content (AvgIpc) is 2.63. The highest BCUT2D eigenvalue weighted by Crippen LogP contribution is 2.33. The SMILES string of the molecule is CS(=O)(=O)NC(=O)/C=C/C(=N)c1ccc(C(F)(F)F)cc1NCc1ccc(Cl)cc1Cl. The first-order valence-corrected chi connectivity index (χ1v) is 11.1. The summed E-state index contributed by atoms with van der Waals surface area (Å²) in [5.74, 6) is -0.999. The first-order valence-electron chi connectivity index (χ1n) is 8.44. The van der Waals surface area contributed by atoms with Gasteiger partial charge in [-0.2, -0.15) is 13.2 Å². The molecule has 0 bridgehead atoms. The van der Waals surface area contributed by atoms with Crippen LogP contribution in [-0.4, -0.2) is 26.3 Å². The Bertz CT molecular complexity index is 1150. The predicted molar refractivity (Wildman–Crippen MR) is 114 cm³/mol. The number of carbonyl (C=O) groups excluding carboxylic acids is 1. The van der Waals surface area contributed by atoms with E-state index in [-0.39, 0.29) is 23.5 Å². The van der Waals surface area contributed by atoms with E-state index in [0.29, 0.717) is 15.6 Å². The van der Waals surface area contributed by atoms with Gasteiger partial charge in [-0.1, -0.05) is 35.3 Å². The summed E-state index contributed by atoms with van der Waals surface area (Å²) in [5, 5.41) is 11.6. The Labute approximate surface area is 186 Å². The number of carbonyl (C=O) groups is 1. The maximum atomic E-state index is 13.1. The standard InChI is InChI=1S/C19H16Cl2F3N3O3S/c1-31(29,30)27-18(28)7-6-16(25)14-5-3-12(19(22,23)24)8-17(14)26-10-11-2-4-13(20)9-15(11)21/h2-9,25-26H,10H2,1H3,(H,27,28)/b7-6+,25-16?. The predicted octanol–water partition coefficient (Wildman–Crippen LogP) is 4.62. The van der Waals surface area contributed by atoms with Crippen LogP contribution in [0, 0.1) is 5.41 Å². The largest absolute Gasteiger partial charge is 0.416 e. The highest BCUT2D eigenvalue weighted by Gasteiger charge is 2.31. The molecule has 0 aliphatic heterocycles. The van der Waals surface area contributed by atoms with Gasteiger partial charge >= 0.3 is 6.18 Å². The van der Waals surface area contributed by atoms with Crippen molar-refractivity contribution >= 4 is 50.5 Å². The lowest BCUT2D eigenvalue weighted by atomic mass is 10.0. The van der Waals surface area contributed by atoms with Crippen molar-refractivity contribution in [3.8, 4) is 0 Å². The van der Waals surface area contributed by atoms with E-state index < -0.39 is 27.7 Å². The Kier molecular flexibility index (Phi) is 7.74. The highest BCUT2D eigenvalue weighted by molar-refractivity contribution is 7.89. The lowest BCUT2D eigenvalue weighted by Gasteiger charge is -2.16. The third kappa shape index (κ3) is 7.57. The molecule has 0 heterocycles. The van der Waals surface area contributed by atoms with Gasteiger partial charge in [0.2, 0.25) is 10.0 Å². The fourth-order valence-corrected chi connectivity index (χ4v) is 3.33. The molecule has 0 aliphatic carbocycles. The van der Waals surface area contributed by atoms with Gasteiger partial charge in [-0.15, -0.1) is 0 Å². The summed E-state index contributed by atoms with van der Waals surface area (Å²) in [4.78, 5) is 11.6. The molecule has 12 heteroatoms. The van der Waals surface area contributed by atoms with E-state index in [0.717, 1.165) is 36.6 Å². The highest BCUT2D eigenvalue weighted by atomic mass is 35.5. The van der Waals surface area contributed by atoms with Crippen molar-refractivity contribution in [1.29, 1.82) is 5.41 Å². The van der Waals surface area contributed by atoms with E-state index in [1.54, 1.807) is 16.9 Å². The molecule has 0 atom stereocenters. The van der Waals surface area contributed by atoms with Crippen LogP contribution in [0.4, 0.5) is 18.9 Å². The average molecular weight is 494 g/mol. The first-order chi connectivity index (χ1) is 14.3. The van der Waals surface area contributed by atoms with Crippen molar-refractivity contribution in [3.05, 3.63) is 75.3 Å². The zero-order valence-electron chi connectivity index (χ0n) is 15.8. The molecule has 31 heavy (non-hydrogen) atoms. The first kappa shape index (κ1) is 24.7. The van der Waals surface area contributed by atoms with Gasteiger partial charge in [0.15, 0.2) is 0 Å². The molecule has 0 saturated carbocycles. The number of allylic oxidation sites excluding steroid dienone is 1. The van der Waals surface area contributed by atoms with Gasteiger partial charge in [-0.3, -0.25) is 4.79 Å². The molecule has 0 unspecified atom stereocenters. The van der Waals surface area contributed by atoms with E-state index in [2.05, 4.69) is 5.32 Å². The van der Waals surface area contributed by atoms with Crippen LogP contribution in [0.1, 0.15) is 16.7 Å². The zero-order chi connectivity index (χ0) is 23.4. The lowest BCUT2D eigenvalue weighted by Crippen LogP contribution is -2.27. The van der Waals surface area contributed by atoms with Crippen LogP contribution in [0.3, 0.4) is 0 Å². The van der Waals surface area contributed by atoms with Gasteiger partial charge in [0.25, 0.3) is 5.91 Å². The molecule has 0 fully saturated rings. The summed E-state index contributed by atoms with van der Waals surface area (Å²) in [7, 11) is -3.79. The van der Waals surface area contributed by atoms with Crippen LogP contribution >= 0.6 is 23.2 Å². The third-order valence-corrected chi connectivity index (χ3v) is 4.97. The number of alkyl halides is 3. The number of sulfonamides is 1. The number of amides is 1. The van der Waals surface area contributed by atoms with E-state index in [1.165, 1.54) is 6.07 Å². The second kappa shape index (κ2) is 9.71. The number of anilines is 1. The number of nitrogens with one attached hydrogen (secondary N) is 3. The van der Waals surface area contributed by atoms with Gasteiger partial charge in [-0.25, -0.2) is 13.1 Å². The minimum atomic E-state index is -4.61. The molecule has 3 N–H and O–H groups in total. The molecule has 0 radical (unpaired) electrons. The number of rotatable bonds is 7. The normalized spacial score (nSPS) is 12.1. The number of hydrogen-bond donors (Lipinski definition) is 3. The molecule has 166 valence electrons. The van der Waals surface area contributed by atoms with Crippen LogP contribution in [0.25, 0.3) is 0 Å². The molecular formula is C19H16Cl2F3N3O3S. The number of hydrogen-bond acceptors (Lipinski definition) is 5. The number of benzene rings is 2. The van der Waals surface area contributed by atoms with Gasteiger partial charge < -0.3 is 10.7 Å². The molecule has 0 spiro atoms. The molecule has 2 aromatic carbocycles. The maximum Gasteiger partial charge on any atom is 0.416 e. The van der Waals surface area contributed by atoms with E-state index >= 15 is 0 Å². The Morgan fingerprint density at radius 3 is 2.39 bits per heavy atom. The minimum Gasteiger partial charge on any atom is -0.380 e. The summed E-state index contributed by atoms with van der Waals surface area (Å²) < 4.78 is 63.2. The molecule has 2 rings (SSSR count). The topological polar surface area (TPSA) is 99.1 Å². The second-order valence-corrected chi connectivity index (χ2v) is 8.92.